The summed E-state index contributed by atoms with van der Waals surface area (Å²) >= 11 is 0. The van der Waals surface area contributed by atoms with Crippen LogP contribution in [0.25, 0.3) is 0 Å². The number of imidazole rings is 1. The fourth-order valence-electron chi connectivity index (χ4n) is 1.53. The van der Waals surface area contributed by atoms with E-state index >= 15 is 0 Å². The highest BCUT2D eigenvalue weighted by atomic mass is 16.3. The Balaban J connectivity index is 2.72. The third-order valence-electron chi connectivity index (χ3n) is 2.60. The van der Waals surface area contributed by atoms with Crippen LogP contribution in [0.4, 0.5) is 0 Å². The molecule has 1 N–H and O–H groups in total. The van der Waals surface area contributed by atoms with Crippen LogP contribution in [0, 0.1) is 5.41 Å². The lowest BCUT2D eigenvalue weighted by atomic mass is 9.86. The number of rotatable bonds is 4. The highest BCUT2D eigenvalue weighted by Gasteiger charge is 2.29. The van der Waals surface area contributed by atoms with Gasteiger partial charge in [-0.15, -0.1) is 0 Å². The van der Waals surface area contributed by atoms with Crippen LogP contribution in [0.2, 0.25) is 0 Å². The lowest BCUT2D eigenvalue weighted by Crippen LogP contribution is -2.35. The Morgan fingerprint density at radius 1 is 1.56 bits per heavy atom. The van der Waals surface area contributed by atoms with E-state index in [-0.39, 0.29) is 12.2 Å². The fourth-order valence-corrected chi connectivity index (χ4v) is 1.53. The summed E-state index contributed by atoms with van der Waals surface area (Å²) in [4.78, 5) is 15.9. The largest absolute Gasteiger partial charge is 0.385 e. The minimum atomic E-state index is -0.936. The van der Waals surface area contributed by atoms with Gasteiger partial charge in [0.2, 0.25) is 0 Å². The Bertz CT molecular complexity index is 363. The van der Waals surface area contributed by atoms with E-state index in [1.807, 2.05) is 38.5 Å². The lowest BCUT2D eigenvalue weighted by Gasteiger charge is -2.24. The van der Waals surface area contributed by atoms with Gasteiger partial charge in [-0.1, -0.05) is 20.8 Å². The van der Waals surface area contributed by atoms with Crippen molar-refractivity contribution < 1.29 is 9.90 Å². The molecule has 0 spiro atoms. The zero-order valence-electron chi connectivity index (χ0n) is 10.4. The van der Waals surface area contributed by atoms with Gasteiger partial charge >= 0.3 is 0 Å². The van der Waals surface area contributed by atoms with Gasteiger partial charge in [0.25, 0.3) is 0 Å². The monoisotopic (exact) mass is 224 g/mol. The maximum absolute atomic E-state index is 11.8. The van der Waals surface area contributed by atoms with Gasteiger partial charge in [0.15, 0.2) is 5.78 Å². The minimum absolute atomic E-state index is 0.173. The molecular formula is C12H20N2O2. The first-order valence-electron chi connectivity index (χ1n) is 5.57. The van der Waals surface area contributed by atoms with Crippen LogP contribution in [0.1, 0.15) is 33.5 Å². The molecule has 0 aliphatic rings. The van der Waals surface area contributed by atoms with Gasteiger partial charge in [-0.25, -0.2) is 4.98 Å². The quantitative estimate of drug-likeness (QED) is 0.841. The van der Waals surface area contributed by atoms with E-state index in [1.54, 1.807) is 6.20 Å². The summed E-state index contributed by atoms with van der Waals surface area (Å²) < 4.78 is 1.91. The molecule has 0 radical (unpaired) electrons. The highest BCUT2D eigenvalue weighted by molar-refractivity contribution is 5.85. The van der Waals surface area contributed by atoms with Crippen LogP contribution in [-0.4, -0.2) is 26.5 Å². The van der Waals surface area contributed by atoms with Crippen molar-refractivity contribution in [3.05, 3.63) is 18.2 Å². The molecule has 90 valence electrons. The molecule has 0 amide bonds. The van der Waals surface area contributed by atoms with E-state index in [9.17, 15) is 9.90 Å². The van der Waals surface area contributed by atoms with Crippen LogP contribution in [0.15, 0.2) is 12.4 Å². The number of ketones is 1. The predicted octanol–water partition coefficient (Wildman–Crippen LogP) is 1.42. The molecule has 0 fully saturated rings. The topological polar surface area (TPSA) is 55.1 Å². The van der Waals surface area contributed by atoms with Crippen molar-refractivity contribution in [2.24, 2.45) is 5.41 Å². The van der Waals surface area contributed by atoms with E-state index < -0.39 is 11.5 Å². The third-order valence-corrected chi connectivity index (χ3v) is 2.60. The summed E-state index contributed by atoms with van der Waals surface area (Å²) in [6.07, 6.45) is 2.77. The molecule has 1 unspecified atom stereocenters. The van der Waals surface area contributed by atoms with Gasteiger partial charge in [0, 0.05) is 18.9 Å². The number of aryl methyl sites for hydroxylation is 1. The maximum Gasteiger partial charge on any atom is 0.169 e. The number of aliphatic hydroxyl groups is 1. The summed E-state index contributed by atoms with van der Waals surface area (Å²) in [5.74, 6) is 0.546. The second-order valence-corrected chi connectivity index (χ2v) is 5.04. The van der Waals surface area contributed by atoms with E-state index in [0.29, 0.717) is 0 Å². The van der Waals surface area contributed by atoms with Crippen molar-refractivity contribution in [3.8, 4) is 0 Å². The van der Waals surface area contributed by atoms with E-state index in [1.165, 1.54) is 0 Å². The standard InChI is InChI=1S/C12H20N2O2/c1-5-14-7-6-13-10(14)8-9(15)11(16)12(2,3)4/h6-7,11,16H,5,8H2,1-4H3. The average molecular weight is 224 g/mol. The molecule has 1 atom stereocenters. The van der Waals surface area contributed by atoms with Crippen molar-refractivity contribution in [1.82, 2.24) is 9.55 Å². The second-order valence-electron chi connectivity index (χ2n) is 5.04. The fraction of sp³-hybridized carbons (Fsp3) is 0.667. The summed E-state index contributed by atoms with van der Waals surface area (Å²) in [7, 11) is 0. The van der Waals surface area contributed by atoms with E-state index in [0.717, 1.165) is 12.4 Å². The van der Waals surface area contributed by atoms with Crippen LogP contribution in [0.3, 0.4) is 0 Å². The number of nitrogens with zero attached hydrogens (tertiary/aromatic N) is 2. The molecule has 0 bridgehead atoms. The molecule has 0 saturated heterocycles. The number of carbonyl (C=O) groups excluding carboxylic acids is 1. The van der Waals surface area contributed by atoms with Crippen LogP contribution < -0.4 is 0 Å². The van der Waals surface area contributed by atoms with E-state index in [4.69, 9.17) is 0 Å². The Morgan fingerprint density at radius 2 is 2.19 bits per heavy atom. The van der Waals surface area contributed by atoms with Gasteiger partial charge in [-0.2, -0.15) is 0 Å². The molecule has 1 aromatic heterocycles. The first-order valence-corrected chi connectivity index (χ1v) is 5.57. The summed E-state index contributed by atoms with van der Waals surface area (Å²) in [6, 6.07) is 0. The molecular weight excluding hydrogens is 204 g/mol. The number of aromatic nitrogens is 2. The van der Waals surface area contributed by atoms with Crippen molar-refractivity contribution in [1.29, 1.82) is 0 Å². The Hall–Kier alpha value is -1.16. The number of hydrogen-bond acceptors (Lipinski definition) is 3. The Labute approximate surface area is 96.3 Å². The zero-order chi connectivity index (χ0) is 12.3. The molecule has 0 aromatic carbocycles. The average Bonchev–Trinajstić information content (AvgIpc) is 2.62. The number of hydrogen-bond donors (Lipinski definition) is 1. The van der Waals surface area contributed by atoms with E-state index in [2.05, 4.69) is 4.98 Å². The molecule has 4 heteroatoms. The first kappa shape index (κ1) is 12.9. The highest BCUT2D eigenvalue weighted by Crippen LogP contribution is 2.20. The number of carbonyl (C=O) groups is 1. The SMILES string of the molecule is CCn1ccnc1CC(=O)C(O)C(C)(C)C. The van der Waals surface area contributed by atoms with Crippen molar-refractivity contribution >= 4 is 5.78 Å². The van der Waals surface area contributed by atoms with Gasteiger partial charge in [0.1, 0.15) is 11.9 Å². The van der Waals surface area contributed by atoms with Crippen LogP contribution in [-0.2, 0) is 17.8 Å². The molecule has 1 aromatic rings. The Morgan fingerprint density at radius 3 is 2.69 bits per heavy atom. The summed E-state index contributed by atoms with van der Waals surface area (Å²) in [6.45, 7) is 8.33. The van der Waals surface area contributed by atoms with Gasteiger partial charge in [-0.3, -0.25) is 4.79 Å². The molecule has 4 nitrogen and oxygen atoms in total. The number of aliphatic hydroxyl groups excluding tert-OH is 1. The Kier molecular flexibility index (Phi) is 3.86. The first-order chi connectivity index (χ1) is 7.36. The third kappa shape index (κ3) is 2.92. The molecule has 0 saturated carbocycles. The molecule has 1 heterocycles. The lowest BCUT2D eigenvalue weighted by molar-refractivity contribution is -0.131. The molecule has 16 heavy (non-hydrogen) atoms. The maximum atomic E-state index is 11.8. The number of Topliss-reactive ketones (excluding diaryl/α,β-unsaturated/α-hetero) is 1. The molecule has 1 rings (SSSR count). The van der Waals surface area contributed by atoms with Crippen molar-refractivity contribution in [2.75, 3.05) is 0 Å². The van der Waals surface area contributed by atoms with Crippen LogP contribution >= 0.6 is 0 Å². The van der Waals surface area contributed by atoms with Crippen molar-refractivity contribution in [3.63, 3.8) is 0 Å². The zero-order valence-corrected chi connectivity index (χ0v) is 10.4. The normalized spacial score (nSPS) is 13.8. The molecule has 0 aliphatic heterocycles. The van der Waals surface area contributed by atoms with Crippen molar-refractivity contribution in [2.45, 2.75) is 46.8 Å². The smallest absolute Gasteiger partial charge is 0.169 e. The molecule has 0 aliphatic carbocycles. The van der Waals surface area contributed by atoms with Gasteiger partial charge in [-0.05, 0) is 12.3 Å². The summed E-state index contributed by atoms with van der Waals surface area (Å²) in [5.41, 5.74) is -0.416. The minimum Gasteiger partial charge on any atom is -0.385 e. The van der Waals surface area contributed by atoms with Gasteiger partial charge in [0.05, 0.1) is 6.42 Å². The summed E-state index contributed by atoms with van der Waals surface area (Å²) in [5, 5.41) is 9.83. The second kappa shape index (κ2) is 4.78. The van der Waals surface area contributed by atoms with Crippen LogP contribution in [0.5, 0.6) is 0 Å². The van der Waals surface area contributed by atoms with Gasteiger partial charge < -0.3 is 9.67 Å². The predicted molar refractivity (Wildman–Crippen MR) is 62.1 cm³/mol.